The first-order valence-corrected chi connectivity index (χ1v) is 33.5. The van der Waals surface area contributed by atoms with Crippen molar-refractivity contribution in [2.45, 2.75) is 244 Å². The van der Waals surface area contributed by atoms with Gasteiger partial charge in [-0.05, 0) is 272 Å². The first-order chi connectivity index (χ1) is 41.0. The van der Waals surface area contributed by atoms with Crippen LogP contribution in [0, 0.1) is 88.8 Å². The van der Waals surface area contributed by atoms with E-state index in [0.717, 1.165) is 159 Å². The first kappa shape index (κ1) is 69.3. The zero-order valence-electron chi connectivity index (χ0n) is 53.1. The third-order valence-corrected chi connectivity index (χ3v) is 22.4. The van der Waals surface area contributed by atoms with Crippen molar-refractivity contribution >= 4 is 29.8 Å². The Hall–Kier alpha value is -4.15. The molecule has 11 aliphatic carbocycles. The Morgan fingerprint density at radius 1 is 0.337 bits per heavy atom. The van der Waals surface area contributed by atoms with E-state index < -0.39 is 0 Å². The molecular formula is C71H110O15. The third-order valence-electron chi connectivity index (χ3n) is 22.4. The van der Waals surface area contributed by atoms with Crippen LogP contribution >= 0.6 is 0 Å². The lowest BCUT2D eigenvalue weighted by atomic mass is 9.64. The number of ether oxygens (including phenoxy) is 5. The minimum absolute atomic E-state index is 0.00657. The summed E-state index contributed by atoms with van der Waals surface area (Å²) < 4.78 is 27.5. The standard InChI is InChI=1S/C16H22O3.2C15H24O3.C14H22O3.C11H18O3/c1-7(2)16(18)19-13-6-9-4-11(13)15-8-3-10(14(9)15)12(17)5-8;1-10(2)15(17)18-14-8-4-6-12-11(9-16)5-3-7-13(12)14;1-10(2)15(17)18-14-6-5-12-7-11(9-16)3-4-13(12)8-14;1-9(2)14(16)17-13-8-4-5-10-11(13)6-3-7-12(10)15;1-8(2)11(13)14-10-5-3-9(7-12)4-6-10/h8-15,17H,1,3-6H2,2H3;2*11-14,16H,1,3-9H2,2H3;10-13,15H,1,3-8H2,2H3;9-10,12H,1,3-7H2,2H3. The minimum Gasteiger partial charge on any atom is -0.459 e. The maximum Gasteiger partial charge on any atom is 0.333 e. The molecule has 15 nitrogen and oxygen atoms in total. The molecule has 15 heteroatoms. The van der Waals surface area contributed by atoms with E-state index in [2.05, 4.69) is 32.9 Å². The summed E-state index contributed by atoms with van der Waals surface area (Å²) in [5.74, 6) is 7.02. The normalized spacial score (nSPS) is 38.4. The molecule has 484 valence electrons. The largest absolute Gasteiger partial charge is 0.459 e. The predicted octanol–water partition coefficient (Wildman–Crippen LogP) is 11.6. The van der Waals surface area contributed by atoms with Gasteiger partial charge >= 0.3 is 29.8 Å². The van der Waals surface area contributed by atoms with Crippen molar-refractivity contribution in [3.05, 3.63) is 60.8 Å². The van der Waals surface area contributed by atoms with E-state index in [0.29, 0.717) is 105 Å². The quantitative estimate of drug-likeness (QED) is 0.0499. The topological polar surface area (TPSA) is 233 Å². The molecular weight excluding hydrogens is 1090 g/mol. The van der Waals surface area contributed by atoms with Gasteiger partial charge in [0.15, 0.2) is 0 Å². The van der Waals surface area contributed by atoms with Crippen molar-refractivity contribution in [2.24, 2.45) is 88.8 Å². The van der Waals surface area contributed by atoms with Gasteiger partial charge in [-0.2, -0.15) is 0 Å². The molecule has 11 aliphatic rings. The Bertz CT molecular complexity index is 2350. The lowest BCUT2D eigenvalue weighted by molar-refractivity contribution is -0.155. The monoisotopic (exact) mass is 1200 g/mol. The number of hydrogen-bond donors (Lipinski definition) is 5. The van der Waals surface area contributed by atoms with Crippen molar-refractivity contribution in [2.75, 3.05) is 19.8 Å². The molecule has 11 rings (SSSR count). The summed E-state index contributed by atoms with van der Waals surface area (Å²) in [7, 11) is 0. The summed E-state index contributed by atoms with van der Waals surface area (Å²) in [5.41, 5.74) is 2.38. The van der Waals surface area contributed by atoms with Crippen LogP contribution in [0.15, 0.2) is 60.8 Å². The van der Waals surface area contributed by atoms with Gasteiger partial charge in [-0.15, -0.1) is 0 Å². The smallest absolute Gasteiger partial charge is 0.333 e. The molecule has 86 heavy (non-hydrogen) atoms. The van der Waals surface area contributed by atoms with Crippen molar-refractivity contribution in [1.82, 2.24) is 0 Å². The molecule has 0 aliphatic heterocycles. The van der Waals surface area contributed by atoms with Gasteiger partial charge in [-0.3, -0.25) is 0 Å². The second kappa shape index (κ2) is 32.5. The van der Waals surface area contributed by atoms with Gasteiger partial charge in [0.25, 0.3) is 0 Å². The van der Waals surface area contributed by atoms with Gasteiger partial charge in [0, 0.05) is 53.6 Å². The highest BCUT2D eigenvalue weighted by Crippen LogP contribution is 2.68. The molecule has 20 atom stereocenters. The van der Waals surface area contributed by atoms with E-state index in [4.69, 9.17) is 28.8 Å². The van der Waals surface area contributed by atoms with Gasteiger partial charge < -0.3 is 49.2 Å². The molecule has 0 spiro atoms. The van der Waals surface area contributed by atoms with E-state index in [1.165, 1.54) is 25.7 Å². The average Bonchev–Trinajstić information content (AvgIpc) is 1.63. The van der Waals surface area contributed by atoms with Gasteiger partial charge in [0.1, 0.15) is 30.5 Å². The van der Waals surface area contributed by atoms with E-state index in [1.54, 1.807) is 34.6 Å². The van der Waals surface area contributed by atoms with Crippen LogP contribution in [0.25, 0.3) is 0 Å². The van der Waals surface area contributed by atoms with Gasteiger partial charge in [-0.1, -0.05) is 45.7 Å². The highest BCUT2D eigenvalue weighted by molar-refractivity contribution is 5.88. The van der Waals surface area contributed by atoms with E-state index in [-0.39, 0.29) is 85.8 Å². The fourth-order valence-electron chi connectivity index (χ4n) is 18.0. The molecule has 11 saturated carbocycles. The molecule has 20 unspecified atom stereocenters. The molecule has 4 bridgehead atoms. The Balaban J connectivity index is 0.000000154. The number of aliphatic hydroxyl groups is 5. The molecule has 0 saturated heterocycles. The van der Waals surface area contributed by atoms with Gasteiger partial charge in [0.2, 0.25) is 0 Å². The second-order valence-electron chi connectivity index (χ2n) is 28.6. The summed E-state index contributed by atoms with van der Waals surface area (Å²) in [6.07, 6.45) is 27.4. The molecule has 5 N–H and O–H groups in total. The molecule has 0 radical (unpaired) electrons. The van der Waals surface area contributed by atoms with Crippen LogP contribution in [0.2, 0.25) is 0 Å². The van der Waals surface area contributed by atoms with Crippen molar-refractivity contribution in [3.63, 3.8) is 0 Å². The maximum atomic E-state index is 11.7. The van der Waals surface area contributed by atoms with Crippen LogP contribution in [0.1, 0.15) is 202 Å². The van der Waals surface area contributed by atoms with E-state index in [1.807, 2.05) is 0 Å². The second-order valence-corrected chi connectivity index (χ2v) is 28.6. The maximum absolute atomic E-state index is 11.7. The Labute approximate surface area is 514 Å². The molecule has 0 aromatic carbocycles. The summed E-state index contributed by atoms with van der Waals surface area (Å²) >= 11 is 0. The van der Waals surface area contributed by atoms with Gasteiger partial charge in [-0.25, -0.2) is 24.0 Å². The summed E-state index contributed by atoms with van der Waals surface area (Å²) in [6.45, 7) is 27.4. The first-order valence-electron chi connectivity index (χ1n) is 33.5. The Morgan fingerprint density at radius 2 is 0.756 bits per heavy atom. The SMILES string of the molecule is C=C(C)C(=O)OC1CC2CC1C1C3CC(O)C(C3)C21.C=C(C)C(=O)OC1CCC(CO)CC1.C=C(C)C(=O)OC1CCC2CC(CO)CCC2C1.C=C(C)C(=O)OC1CCCC2C(CO)CCCC12.C=C(C)C(=O)OC1CCCC2C(O)CCCC12. The van der Waals surface area contributed by atoms with Crippen LogP contribution in [0.5, 0.6) is 0 Å². The number of fused-ring (bicyclic) bond motifs is 12. The number of carbonyl (C=O) groups excluding carboxylic acids is 5. The zero-order chi connectivity index (χ0) is 62.5. The molecule has 0 amide bonds. The van der Waals surface area contributed by atoms with E-state index in [9.17, 15) is 44.4 Å². The fourth-order valence-corrected chi connectivity index (χ4v) is 18.0. The summed E-state index contributed by atoms with van der Waals surface area (Å²) in [6, 6.07) is 0. The Kier molecular flexibility index (Phi) is 26.2. The van der Waals surface area contributed by atoms with Crippen LogP contribution in [-0.4, -0.2) is 118 Å². The highest BCUT2D eigenvalue weighted by atomic mass is 16.6. The molecule has 0 heterocycles. The van der Waals surface area contributed by atoms with Crippen LogP contribution < -0.4 is 0 Å². The molecule has 0 aromatic rings. The summed E-state index contributed by atoms with van der Waals surface area (Å²) in [5, 5.41) is 47.7. The van der Waals surface area contributed by atoms with Crippen LogP contribution in [0.3, 0.4) is 0 Å². The number of hydrogen-bond acceptors (Lipinski definition) is 15. The van der Waals surface area contributed by atoms with E-state index >= 15 is 0 Å². The molecule has 11 fully saturated rings. The van der Waals surface area contributed by atoms with Crippen molar-refractivity contribution < 1.29 is 73.2 Å². The van der Waals surface area contributed by atoms with Crippen LogP contribution in [0.4, 0.5) is 0 Å². The number of esters is 5. The number of aliphatic hydroxyl groups excluding tert-OH is 5. The van der Waals surface area contributed by atoms with Crippen molar-refractivity contribution in [1.29, 1.82) is 0 Å². The molecule has 0 aromatic heterocycles. The average molecular weight is 1200 g/mol. The number of carbonyl (C=O) groups is 5. The highest BCUT2D eigenvalue weighted by Gasteiger charge is 2.65. The van der Waals surface area contributed by atoms with Crippen molar-refractivity contribution in [3.8, 4) is 0 Å². The Morgan fingerprint density at radius 3 is 1.31 bits per heavy atom. The summed E-state index contributed by atoms with van der Waals surface area (Å²) in [4.78, 5) is 57.7. The third kappa shape index (κ3) is 18.0. The van der Waals surface area contributed by atoms with Gasteiger partial charge in [0.05, 0.1) is 12.2 Å². The minimum atomic E-state index is -0.294. The zero-order valence-corrected chi connectivity index (χ0v) is 53.1. The predicted molar refractivity (Wildman–Crippen MR) is 329 cm³/mol. The lowest BCUT2D eigenvalue weighted by Crippen LogP contribution is -2.43. The lowest BCUT2D eigenvalue weighted by Gasteiger charge is -2.44. The number of rotatable bonds is 13. The fraction of sp³-hybridized carbons (Fsp3) is 0.789. The van der Waals surface area contributed by atoms with Crippen LogP contribution in [-0.2, 0) is 47.7 Å².